The van der Waals surface area contributed by atoms with Gasteiger partial charge in [0.15, 0.2) is 6.61 Å². The number of esters is 2. The Morgan fingerprint density at radius 2 is 1.76 bits per heavy atom. The lowest BCUT2D eigenvalue weighted by molar-refractivity contribution is -0.118. The van der Waals surface area contributed by atoms with E-state index in [4.69, 9.17) is 19.5 Å². The molecular weight excluding hydrogens is 396 g/mol. The van der Waals surface area contributed by atoms with Gasteiger partial charge in [0.1, 0.15) is 21.7 Å². The molecule has 8 nitrogen and oxygen atoms in total. The number of para-hydroxylation sites is 1. The molecule has 152 valence electrons. The summed E-state index contributed by atoms with van der Waals surface area (Å²) in [5.41, 5.74) is 0.771. The fourth-order valence-corrected chi connectivity index (χ4v) is 3.54. The number of ether oxygens (including phenoxy) is 3. The molecule has 0 unspecified atom stereocenters. The quantitative estimate of drug-likeness (QED) is 0.657. The molecule has 0 fully saturated rings. The van der Waals surface area contributed by atoms with Gasteiger partial charge in [-0.1, -0.05) is 12.1 Å². The van der Waals surface area contributed by atoms with Crippen molar-refractivity contribution in [2.45, 2.75) is 20.8 Å². The van der Waals surface area contributed by atoms with Crippen molar-refractivity contribution in [3.8, 4) is 11.8 Å². The molecule has 0 bridgehead atoms. The number of rotatable bonds is 8. The van der Waals surface area contributed by atoms with Gasteiger partial charge in [-0.25, -0.2) is 9.59 Å². The maximum absolute atomic E-state index is 12.4. The summed E-state index contributed by atoms with van der Waals surface area (Å²) in [6.45, 7) is 4.86. The van der Waals surface area contributed by atoms with Crippen molar-refractivity contribution in [2.24, 2.45) is 0 Å². The number of carbonyl (C=O) groups excluding carboxylic acids is 3. The molecule has 0 aliphatic heterocycles. The van der Waals surface area contributed by atoms with Crippen LogP contribution in [0.2, 0.25) is 0 Å². The molecule has 0 saturated heterocycles. The number of hydrogen-bond donors (Lipinski definition) is 1. The molecule has 1 N–H and O–H groups in total. The summed E-state index contributed by atoms with van der Waals surface area (Å²) < 4.78 is 15.4. The number of nitrogens with zero attached hydrogens (tertiary/aromatic N) is 1. The van der Waals surface area contributed by atoms with Crippen LogP contribution in [0.4, 0.5) is 5.00 Å². The molecule has 2 aromatic rings. The summed E-state index contributed by atoms with van der Waals surface area (Å²) in [5, 5.41) is 11.8. The first-order chi connectivity index (χ1) is 13.9. The molecular formula is C20H20N2O6S. The van der Waals surface area contributed by atoms with Crippen LogP contribution in [0.3, 0.4) is 0 Å². The Morgan fingerprint density at radius 1 is 1.10 bits per heavy atom. The van der Waals surface area contributed by atoms with Gasteiger partial charge in [0.2, 0.25) is 0 Å². The van der Waals surface area contributed by atoms with Crippen LogP contribution >= 0.6 is 11.3 Å². The van der Waals surface area contributed by atoms with Crippen molar-refractivity contribution in [3.63, 3.8) is 0 Å². The van der Waals surface area contributed by atoms with E-state index in [1.54, 1.807) is 45.0 Å². The van der Waals surface area contributed by atoms with Crippen LogP contribution in [0.25, 0.3) is 0 Å². The topological polar surface area (TPSA) is 115 Å². The highest BCUT2D eigenvalue weighted by Crippen LogP contribution is 2.34. The lowest BCUT2D eigenvalue weighted by atomic mass is 10.1. The Balaban J connectivity index is 2.22. The third kappa shape index (κ3) is 5.33. The first-order valence-electron chi connectivity index (χ1n) is 8.82. The Hall–Kier alpha value is -3.38. The third-order valence-corrected chi connectivity index (χ3v) is 4.89. The van der Waals surface area contributed by atoms with Gasteiger partial charge in [0.05, 0.1) is 24.3 Å². The molecule has 2 rings (SSSR count). The van der Waals surface area contributed by atoms with E-state index in [9.17, 15) is 14.4 Å². The number of benzene rings is 1. The third-order valence-electron chi connectivity index (χ3n) is 3.71. The fourth-order valence-electron chi connectivity index (χ4n) is 2.43. The average molecular weight is 416 g/mol. The Labute approximate surface area is 172 Å². The molecule has 1 aromatic heterocycles. The number of amides is 1. The van der Waals surface area contributed by atoms with E-state index < -0.39 is 17.8 Å². The van der Waals surface area contributed by atoms with Crippen LogP contribution in [-0.4, -0.2) is 37.7 Å². The second-order valence-electron chi connectivity index (χ2n) is 5.65. The summed E-state index contributed by atoms with van der Waals surface area (Å²) >= 11 is 0.931. The van der Waals surface area contributed by atoms with Gasteiger partial charge in [0, 0.05) is 0 Å². The highest BCUT2D eigenvalue weighted by molar-refractivity contribution is 7.18. The van der Waals surface area contributed by atoms with Crippen LogP contribution in [0, 0.1) is 18.3 Å². The van der Waals surface area contributed by atoms with Crippen LogP contribution in [0.15, 0.2) is 24.3 Å². The molecule has 9 heteroatoms. The minimum atomic E-state index is -0.650. The number of anilines is 1. The SMILES string of the molecule is CCOC(=O)c1sc(NC(=O)COc2ccccc2C#N)c(C(=O)OCC)c1C. The minimum Gasteiger partial charge on any atom is -0.482 e. The first-order valence-corrected chi connectivity index (χ1v) is 9.63. The Kier molecular flexibility index (Phi) is 7.74. The summed E-state index contributed by atoms with van der Waals surface area (Å²) in [7, 11) is 0. The molecule has 29 heavy (non-hydrogen) atoms. The van der Waals surface area contributed by atoms with Gasteiger partial charge in [-0.15, -0.1) is 11.3 Å². The second kappa shape index (κ2) is 10.2. The maximum atomic E-state index is 12.4. The van der Waals surface area contributed by atoms with Gasteiger partial charge in [-0.2, -0.15) is 5.26 Å². The monoisotopic (exact) mass is 416 g/mol. The summed E-state index contributed by atoms with van der Waals surface area (Å²) in [4.78, 5) is 37.0. The van der Waals surface area contributed by atoms with Crippen molar-refractivity contribution >= 4 is 34.2 Å². The highest BCUT2D eigenvalue weighted by atomic mass is 32.1. The normalized spacial score (nSPS) is 10.0. The van der Waals surface area contributed by atoms with Crippen molar-refractivity contribution < 1.29 is 28.6 Å². The Bertz CT molecular complexity index is 960. The number of nitrogens with one attached hydrogen (secondary N) is 1. The standard InChI is InChI=1S/C20H20N2O6S/c1-4-26-19(24)16-12(3)17(20(25)27-5-2)29-18(16)22-15(23)11-28-14-9-7-6-8-13(14)10-21/h6-9H,4-5,11H2,1-3H3,(H,22,23). The van der Waals surface area contributed by atoms with Gasteiger partial charge < -0.3 is 19.5 Å². The molecule has 1 amide bonds. The number of nitriles is 1. The van der Waals surface area contributed by atoms with Crippen LogP contribution < -0.4 is 10.1 Å². The van der Waals surface area contributed by atoms with Gasteiger partial charge in [0.25, 0.3) is 5.91 Å². The van der Waals surface area contributed by atoms with Crippen LogP contribution in [0.1, 0.15) is 45.0 Å². The molecule has 0 aliphatic carbocycles. The molecule has 1 aromatic carbocycles. The lowest BCUT2D eigenvalue weighted by Gasteiger charge is -2.09. The average Bonchev–Trinajstić information content (AvgIpc) is 3.02. The lowest BCUT2D eigenvalue weighted by Crippen LogP contribution is -2.21. The summed E-state index contributed by atoms with van der Waals surface area (Å²) in [5.74, 6) is -1.52. The van der Waals surface area contributed by atoms with E-state index in [0.29, 0.717) is 11.1 Å². The van der Waals surface area contributed by atoms with Crippen molar-refractivity contribution in [1.29, 1.82) is 5.26 Å². The second-order valence-corrected chi connectivity index (χ2v) is 6.67. The van der Waals surface area contributed by atoms with E-state index in [0.717, 1.165) is 11.3 Å². The Morgan fingerprint density at radius 3 is 2.41 bits per heavy atom. The van der Waals surface area contributed by atoms with Gasteiger partial charge in [-0.3, -0.25) is 4.79 Å². The first kappa shape index (κ1) is 21.9. The van der Waals surface area contributed by atoms with E-state index in [-0.39, 0.29) is 41.0 Å². The van der Waals surface area contributed by atoms with E-state index in [1.165, 1.54) is 0 Å². The molecule has 0 aliphatic rings. The zero-order chi connectivity index (χ0) is 21.4. The van der Waals surface area contributed by atoms with Crippen LogP contribution in [0.5, 0.6) is 5.75 Å². The van der Waals surface area contributed by atoms with Crippen molar-refractivity contribution in [2.75, 3.05) is 25.1 Å². The predicted molar refractivity (Wildman–Crippen MR) is 106 cm³/mol. The zero-order valence-corrected chi connectivity index (χ0v) is 17.1. The van der Waals surface area contributed by atoms with Crippen molar-refractivity contribution in [3.05, 3.63) is 45.8 Å². The molecule has 0 atom stereocenters. The van der Waals surface area contributed by atoms with E-state index in [1.807, 2.05) is 6.07 Å². The number of carbonyl (C=O) groups is 3. The van der Waals surface area contributed by atoms with Crippen molar-refractivity contribution in [1.82, 2.24) is 0 Å². The number of hydrogen-bond acceptors (Lipinski definition) is 8. The highest BCUT2D eigenvalue weighted by Gasteiger charge is 2.27. The molecule has 0 radical (unpaired) electrons. The van der Waals surface area contributed by atoms with Gasteiger partial charge in [-0.05, 0) is 38.5 Å². The predicted octanol–water partition coefficient (Wildman–Crippen LogP) is 3.30. The van der Waals surface area contributed by atoms with Crippen LogP contribution in [-0.2, 0) is 14.3 Å². The molecule has 0 saturated carbocycles. The summed E-state index contributed by atoms with van der Waals surface area (Å²) in [6, 6.07) is 8.48. The molecule has 1 heterocycles. The number of thiophene rings is 1. The molecule has 0 spiro atoms. The smallest absolute Gasteiger partial charge is 0.348 e. The largest absolute Gasteiger partial charge is 0.482 e. The zero-order valence-electron chi connectivity index (χ0n) is 16.2. The summed E-state index contributed by atoms with van der Waals surface area (Å²) in [6.07, 6.45) is 0. The van der Waals surface area contributed by atoms with E-state index >= 15 is 0 Å². The maximum Gasteiger partial charge on any atom is 0.348 e. The van der Waals surface area contributed by atoms with E-state index in [2.05, 4.69) is 5.32 Å². The fraction of sp³-hybridized carbons (Fsp3) is 0.300. The van der Waals surface area contributed by atoms with Gasteiger partial charge >= 0.3 is 11.9 Å². The minimum absolute atomic E-state index is 0.102.